The minimum Gasteiger partial charge on any atom is -0.372 e. The lowest BCUT2D eigenvalue weighted by Gasteiger charge is -2.19. The van der Waals surface area contributed by atoms with Crippen LogP contribution in [-0.4, -0.2) is 29.0 Å². The Kier molecular flexibility index (Phi) is 5.16. The summed E-state index contributed by atoms with van der Waals surface area (Å²) in [5, 5.41) is 5.84. The SMILES string of the molecule is Cc1cc(N2CCCC2)ccc1NC(=O)Cc1csc(-c2cccnc2)n1. The third-order valence-electron chi connectivity index (χ3n) is 4.76. The second-order valence-corrected chi connectivity index (χ2v) is 7.66. The Morgan fingerprint density at radius 1 is 1.26 bits per heavy atom. The molecule has 0 bridgehead atoms. The third-order valence-corrected chi connectivity index (χ3v) is 5.70. The van der Waals surface area contributed by atoms with Crippen molar-refractivity contribution in [1.29, 1.82) is 0 Å². The lowest BCUT2D eigenvalue weighted by atomic mass is 10.1. The number of hydrogen-bond acceptors (Lipinski definition) is 5. The highest BCUT2D eigenvalue weighted by molar-refractivity contribution is 7.13. The lowest BCUT2D eigenvalue weighted by molar-refractivity contribution is -0.115. The normalized spacial score (nSPS) is 13.7. The molecule has 138 valence electrons. The van der Waals surface area contributed by atoms with Gasteiger partial charge in [0.25, 0.3) is 0 Å². The highest BCUT2D eigenvalue weighted by Gasteiger charge is 2.14. The number of aromatic nitrogens is 2. The molecule has 0 aliphatic carbocycles. The summed E-state index contributed by atoms with van der Waals surface area (Å²) in [5.41, 5.74) is 4.95. The number of carbonyl (C=O) groups is 1. The number of benzene rings is 1. The largest absolute Gasteiger partial charge is 0.372 e. The minimum atomic E-state index is -0.0462. The molecular weight excluding hydrogens is 356 g/mol. The zero-order valence-corrected chi connectivity index (χ0v) is 16.1. The van der Waals surface area contributed by atoms with E-state index in [-0.39, 0.29) is 12.3 Å². The summed E-state index contributed by atoms with van der Waals surface area (Å²) < 4.78 is 0. The van der Waals surface area contributed by atoms with Crippen LogP contribution in [0.15, 0.2) is 48.1 Å². The Morgan fingerprint density at radius 2 is 2.11 bits per heavy atom. The van der Waals surface area contributed by atoms with Gasteiger partial charge in [0.2, 0.25) is 5.91 Å². The van der Waals surface area contributed by atoms with E-state index in [1.807, 2.05) is 30.5 Å². The average Bonchev–Trinajstić information content (AvgIpc) is 3.36. The first kappa shape index (κ1) is 17.7. The molecule has 1 aromatic carbocycles. The van der Waals surface area contributed by atoms with Gasteiger partial charge in [-0.2, -0.15) is 0 Å². The Morgan fingerprint density at radius 3 is 2.85 bits per heavy atom. The van der Waals surface area contributed by atoms with Crippen molar-refractivity contribution in [3.8, 4) is 10.6 Å². The van der Waals surface area contributed by atoms with Crippen molar-refractivity contribution in [3.63, 3.8) is 0 Å². The highest BCUT2D eigenvalue weighted by atomic mass is 32.1. The summed E-state index contributed by atoms with van der Waals surface area (Å²) in [6.45, 7) is 4.28. The summed E-state index contributed by atoms with van der Waals surface area (Å²) in [6, 6.07) is 10.1. The van der Waals surface area contributed by atoms with Gasteiger partial charge < -0.3 is 10.2 Å². The molecule has 2 aromatic heterocycles. The van der Waals surface area contributed by atoms with Crippen LogP contribution in [-0.2, 0) is 11.2 Å². The molecule has 1 N–H and O–H groups in total. The quantitative estimate of drug-likeness (QED) is 0.719. The minimum absolute atomic E-state index is 0.0462. The van der Waals surface area contributed by atoms with Gasteiger partial charge >= 0.3 is 0 Å². The van der Waals surface area contributed by atoms with Gasteiger partial charge in [0, 0.05) is 47.8 Å². The smallest absolute Gasteiger partial charge is 0.230 e. The fraction of sp³-hybridized carbons (Fsp3) is 0.286. The highest BCUT2D eigenvalue weighted by Crippen LogP contribution is 2.26. The van der Waals surface area contributed by atoms with Crippen LogP contribution in [0.2, 0.25) is 0 Å². The molecule has 0 unspecified atom stereocenters. The van der Waals surface area contributed by atoms with Crippen molar-refractivity contribution in [1.82, 2.24) is 9.97 Å². The zero-order chi connectivity index (χ0) is 18.6. The second kappa shape index (κ2) is 7.88. The van der Waals surface area contributed by atoms with Crippen LogP contribution in [0, 0.1) is 6.92 Å². The molecule has 27 heavy (non-hydrogen) atoms. The topological polar surface area (TPSA) is 58.1 Å². The molecule has 4 rings (SSSR count). The zero-order valence-electron chi connectivity index (χ0n) is 15.3. The Bertz CT molecular complexity index is 932. The molecule has 0 spiro atoms. The van der Waals surface area contributed by atoms with Gasteiger partial charge in [-0.15, -0.1) is 11.3 Å². The molecule has 0 radical (unpaired) electrons. The molecule has 3 heterocycles. The number of rotatable bonds is 5. The number of nitrogens with zero attached hydrogens (tertiary/aromatic N) is 3. The van der Waals surface area contributed by atoms with Crippen LogP contribution in [0.4, 0.5) is 11.4 Å². The molecule has 6 heteroatoms. The van der Waals surface area contributed by atoms with E-state index >= 15 is 0 Å². The number of anilines is 2. The van der Waals surface area contributed by atoms with Gasteiger partial charge in [-0.1, -0.05) is 0 Å². The van der Waals surface area contributed by atoms with Crippen LogP contribution in [0.1, 0.15) is 24.1 Å². The van der Waals surface area contributed by atoms with Gasteiger partial charge in [-0.05, 0) is 55.7 Å². The number of carbonyl (C=O) groups excluding carboxylic acids is 1. The van der Waals surface area contributed by atoms with Gasteiger partial charge in [0.15, 0.2) is 0 Å². The van der Waals surface area contributed by atoms with Crippen LogP contribution in [0.5, 0.6) is 0 Å². The Labute approximate surface area is 163 Å². The fourth-order valence-electron chi connectivity index (χ4n) is 3.33. The molecule has 0 saturated carbocycles. The number of aryl methyl sites for hydroxylation is 1. The summed E-state index contributed by atoms with van der Waals surface area (Å²) in [6.07, 6.45) is 6.30. The molecule has 5 nitrogen and oxygen atoms in total. The van der Waals surface area contributed by atoms with E-state index in [0.717, 1.165) is 40.6 Å². The Balaban J connectivity index is 1.40. The number of thiazole rings is 1. The Hall–Kier alpha value is -2.73. The van der Waals surface area contributed by atoms with E-state index in [1.54, 1.807) is 12.4 Å². The van der Waals surface area contributed by atoms with E-state index in [4.69, 9.17) is 0 Å². The molecule has 1 fully saturated rings. The van der Waals surface area contributed by atoms with E-state index in [9.17, 15) is 4.79 Å². The first-order valence-corrected chi connectivity index (χ1v) is 10.1. The van der Waals surface area contributed by atoms with Gasteiger partial charge in [-0.25, -0.2) is 4.98 Å². The average molecular weight is 379 g/mol. The standard InChI is InChI=1S/C21H22N4OS/c1-15-11-18(25-9-2-3-10-25)6-7-19(15)24-20(26)12-17-14-27-21(23-17)16-5-4-8-22-13-16/h4-8,11,13-14H,2-3,9-10,12H2,1H3,(H,24,26). The number of hydrogen-bond donors (Lipinski definition) is 1. The van der Waals surface area contributed by atoms with Crippen molar-refractivity contribution < 1.29 is 4.79 Å². The van der Waals surface area contributed by atoms with Crippen molar-refractivity contribution in [2.45, 2.75) is 26.2 Å². The van der Waals surface area contributed by atoms with Crippen molar-refractivity contribution in [3.05, 3.63) is 59.4 Å². The molecule has 1 amide bonds. The maximum absolute atomic E-state index is 12.5. The van der Waals surface area contributed by atoms with E-state index in [1.165, 1.54) is 29.9 Å². The van der Waals surface area contributed by atoms with E-state index in [2.05, 4.69) is 32.3 Å². The predicted octanol–water partition coefficient (Wildman–Crippen LogP) is 4.29. The summed E-state index contributed by atoms with van der Waals surface area (Å²) in [5.74, 6) is -0.0462. The molecule has 3 aromatic rings. The second-order valence-electron chi connectivity index (χ2n) is 6.80. The first-order chi connectivity index (χ1) is 13.2. The number of amides is 1. The van der Waals surface area contributed by atoms with Crippen LogP contribution in [0.3, 0.4) is 0 Å². The van der Waals surface area contributed by atoms with Crippen LogP contribution >= 0.6 is 11.3 Å². The maximum atomic E-state index is 12.5. The fourth-order valence-corrected chi connectivity index (χ4v) is 4.14. The van der Waals surface area contributed by atoms with Crippen molar-refractivity contribution in [2.75, 3.05) is 23.3 Å². The molecular formula is C21H22N4OS. The molecule has 1 aliphatic rings. The first-order valence-electron chi connectivity index (χ1n) is 9.19. The third kappa shape index (κ3) is 4.17. The number of pyridine rings is 1. The van der Waals surface area contributed by atoms with Crippen LogP contribution < -0.4 is 10.2 Å². The lowest BCUT2D eigenvalue weighted by Crippen LogP contribution is -2.18. The molecule has 1 aliphatic heterocycles. The van der Waals surface area contributed by atoms with E-state index in [0.29, 0.717) is 0 Å². The van der Waals surface area contributed by atoms with E-state index < -0.39 is 0 Å². The molecule has 0 atom stereocenters. The van der Waals surface area contributed by atoms with Crippen molar-refractivity contribution >= 4 is 28.6 Å². The van der Waals surface area contributed by atoms with Gasteiger partial charge in [0.05, 0.1) is 12.1 Å². The summed E-state index contributed by atoms with van der Waals surface area (Å²) in [4.78, 5) is 23.5. The van der Waals surface area contributed by atoms with Gasteiger partial charge in [-0.3, -0.25) is 9.78 Å². The van der Waals surface area contributed by atoms with Crippen molar-refractivity contribution in [2.24, 2.45) is 0 Å². The van der Waals surface area contributed by atoms with Crippen LogP contribution in [0.25, 0.3) is 10.6 Å². The predicted molar refractivity (Wildman–Crippen MR) is 110 cm³/mol. The monoisotopic (exact) mass is 378 g/mol. The molecule has 1 saturated heterocycles. The summed E-state index contributed by atoms with van der Waals surface area (Å²) >= 11 is 1.53. The maximum Gasteiger partial charge on any atom is 0.230 e. The number of nitrogens with one attached hydrogen (secondary N) is 1. The summed E-state index contributed by atoms with van der Waals surface area (Å²) in [7, 11) is 0. The van der Waals surface area contributed by atoms with Gasteiger partial charge in [0.1, 0.15) is 5.01 Å².